The smallest absolute Gasteiger partial charge is 0.222 e. The van der Waals surface area contributed by atoms with E-state index in [1.165, 1.54) is 19.3 Å². The number of hydrogen-bond acceptors (Lipinski definition) is 3. The van der Waals surface area contributed by atoms with Gasteiger partial charge in [0.25, 0.3) is 0 Å². The van der Waals surface area contributed by atoms with Crippen LogP contribution in [0.25, 0.3) is 0 Å². The largest absolute Gasteiger partial charge is 0.391 e. The van der Waals surface area contributed by atoms with E-state index in [0.29, 0.717) is 39.1 Å². The molecule has 0 fully saturated rings. The topological polar surface area (TPSA) is 49.8 Å². The van der Waals surface area contributed by atoms with Gasteiger partial charge in [0.2, 0.25) is 5.91 Å². The quantitative estimate of drug-likeness (QED) is 0.349. The summed E-state index contributed by atoms with van der Waals surface area (Å²) in [6, 6.07) is 20.1. The van der Waals surface area contributed by atoms with Crippen molar-refractivity contribution in [2.45, 2.75) is 77.5 Å². The minimum absolute atomic E-state index is 0.139. The first-order valence-electron chi connectivity index (χ1n) is 11.8. The van der Waals surface area contributed by atoms with Crippen molar-refractivity contribution >= 4 is 5.91 Å². The van der Waals surface area contributed by atoms with Crippen LogP contribution in [0.4, 0.5) is 0 Å². The Morgan fingerprint density at radius 1 is 0.903 bits per heavy atom. The lowest BCUT2D eigenvalue weighted by molar-refractivity contribution is -0.133. The number of rotatable bonds is 16. The van der Waals surface area contributed by atoms with Crippen molar-refractivity contribution in [1.82, 2.24) is 4.90 Å². The number of hydrogen-bond donors (Lipinski definition) is 1. The molecule has 0 heterocycles. The van der Waals surface area contributed by atoms with E-state index in [9.17, 15) is 9.90 Å². The Labute approximate surface area is 188 Å². The highest BCUT2D eigenvalue weighted by atomic mass is 16.5. The van der Waals surface area contributed by atoms with Crippen molar-refractivity contribution in [2.24, 2.45) is 0 Å². The number of benzene rings is 2. The Morgan fingerprint density at radius 2 is 1.55 bits per heavy atom. The highest BCUT2D eigenvalue weighted by Gasteiger charge is 2.17. The summed E-state index contributed by atoms with van der Waals surface area (Å²) in [5.41, 5.74) is 2.25. The zero-order chi connectivity index (χ0) is 22.2. The highest BCUT2D eigenvalue weighted by Crippen LogP contribution is 2.12. The molecule has 4 heteroatoms. The van der Waals surface area contributed by atoms with Gasteiger partial charge in [0.05, 0.1) is 12.7 Å². The third kappa shape index (κ3) is 11.1. The first kappa shape index (κ1) is 25.1. The number of carbonyl (C=O) groups excluding carboxylic acids is 1. The summed E-state index contributed by atoms with van der Waals surface area (Å²) >= 11 is 0. The monoisotopic (exact) mass is 425 g/mol. The SMILES string of the molecule is CCCCCCCC(=O)N(Cc1ccccc1)CC(O)CCCOCc1ccccc1. The van der Waals surface area contributed by atoms with Gasteiger partial charge in [-0.2, -0.15) is 0 Å². The highest BCUT2D eigenvalue weighted by molar-refractivity contribution is 5.76. The van der Waals surface area contributed by atoms with Gasteiger partial charge in [0, 0.05) is 26.1 Å². The minimum Gasteiger partial charge on any atom is -0.391 e. The molecule has 0 aliphatic carbocycles. The summed E-state index contributed by atoms with van der Waals surface area (Å²) in [7, 11) is 0. The van der Waals surface area contributed by atoms with Crippen LogP contribution < -0.4 is 0 Å². The molecule has 0 spiro atoms. The van der Waals surface area contributed by atoms with Crippen LogP contribution in [0, 0.1) is 0 Å². The van der Waals surface area contributed by atoms with Crippen LogP contribution in [-0.4, -0.2) is 35.2 Å². The van der Waals surface area contributed by atoms with E-state index in [1.807, 2.05) is 65.6 Å². The number of aliphatic hydroxyl groups is 1. The molecule has 1 unspecified atom stereocenters. The summed E-state index contributed by atoms with van der Waals surface area (Å²) in [5.74, 6) is 0.139. The molecular weight excluding hydrogens is 386 g/mol. The molecule has 0 aromatic heterocycles. The normalized spacial score (nSPS) is 11.9. The predicted octanol–water partition coefficient (Wildman–Crippen LogP) is 5.73. The molecule has 4 nitrogen and oxygen atoms in total. The molecule has 0 saturated heterocycles. The maximum Gasteiger partial charge on any atom is 0.222 e. The van der Waals surface area contributed by atoms with Crippen LogP contribution in [0.3, 0.4) is 0 Å². The van der Waals surface area contributed by atoms with Crippen molar-refractivity contribution in [3.8, 4) is 0 Å². The van der Waals surface area contributed by atoms with Gasteiger partial charge in [0.15, 0.2) is 0 Å². The van der Waals surface area contributed by atoms with Crippen molar-refractivity contribution in [2.75, 3.05) is 13.2 Å². The van der Waals surface area contributed by atoms with E-state index in [2.05, 4.69) is 6.92 Å². The maximum atomic E-state index is 12.8. The van der Waals surface area contributed by atoms with Gasteiger partial charge in [-0.25, -0.2) is 0 Å². The Balaban J connectivity index is 1.75. The molecule has 2 aromatic rings. The van der Waals surface area contributed by atoms with Gasteiger partial charge in [-0.05, 0) is 30.4 Å². The van der Waals surface area contributed by atoms with E-state index in [0.717, 1.165) is 30.4 Å². The Morgan fingerprint density at radius 3 is 2.23 bits per heavy atom. The van der Waals surface area contributed by atoms with Crippen molar-refractivity contribution in [3.05, 3.63) is 71.8 Å². The molecule has 31 heavy (non-hydrogen) atoms. The molecule has 170 valence electrons. The summed E-state index contributed by atoms with van der Waals surface area (Å²) in [5, 5.41) is 10.6. The van der Waals surface area contributed by atoms with E-state index in [-0.39, 0.29) is 5.91 Å². The fraction of sp³-hybridized carbons (Fsp3) is 0.519. The van der Waals surface area contributed by atoms with Crippen LogP contribution in [0.1, 0.15) is 69.4 Å². The van der Waals surface area contributed by atoms with Crippen LogP contribution in [0.15, 0.2) is 60.7 Å². The van der Waals surface area contributed by atoms with E-state index >= 15 is 0 Å². The van der Waals surface area contributed by atoms with Crippen LogP contribution in [-0.2, 0) is 22.7 Å². The molecule has 0 radical (unpaired) electrons. The van der Waals surface area contributed by atoms with E-state index < -0.39 is 6.10 Å². The fourth-order valence-electron chi connectivity index (χ4n) is 3.63. The third-order valence-electron chi connectivity index (χ3n) is 5.43. The first-order chi connectivity index (χ1) is 15.2. The van der Waals surface area contributed by atoms with Crippen LogP contribution in [0.2, 0.25) is 0 Å². The summed E-state index contributed by atoms with van der Waals surface area (Å²) in [6.07, 6.45) is 7.07. The minimum atomic E-state index is -0.534. The number of unbranched alkanes of at least 4 members (excludes halogenated alkanes) is 4. The number of aliphatic hydroxyl groups excluding tert-OH is 1. The Hall–Kier alpha value is -2.17. The molecule has 1 N–H and O–H groups in total. The second-order valence-corrected chi connectivity index (χ2v) is 8.26. The molecule has 2 rings (SSSR count). The molecule has 1 amide bonds. The second kappa shape index (κ2) is 15.6. The lowest BCUT2D eigenvalue weighted by atomic mass is 10.1. The summed E-state index contributed by atoms with van der Waals surface area (Å²) < 4.78 is 5.71. The third-order valence-corrected chi connectivity index (χ3v) is 5.43. The predicted molar refractivity (Wildman–Crippen MR) is 127 cm³/mol. The van der Waals surface area contributed by atoms with Gasteiger partial charge in [0.1, 0.15) is 0 Å². The van der Waals surface area contributed by atoms with Crippen molar-refractivity contribution in [1.29, 1.82) is 0 Å². The summed E-state index contributed by atoms with van der Waals surface area (Å²) in [6.45, 7) is 4.32. The molecule has 0 aliphatic heterocycles. The van der Waals surface area contributed by atoms with E-state index in [4.69, 9.17) is 4.74 Å². The number of ether oxygens (including phenoxy) is 1. The lowest BCUT2D eigenvalue weighted by Gasteiger charge is -2.26. The van der Waals surface area contributed by atoms with Crippen LogP contribution >= 0.6 is 0 Å². The zero-order valence-corrected chi connectivity index (χ0v) is 19.0. The van der Waals surface area contributed by atoms with Crippen LogP contribution in [0.5, 0.6) is 0 Å². The zero-order valence-electron chi connectivity index (χ0n) is 19.0. The van der Waals surface area contributed by atoms with Gasteiger partial charge in [-0.3, -0.25) is 4.79 Å². The average Bonchev–Trinajstić information content (AvgIpc) is 2.79. The summed E-state index contributed by atoms with van der Waals surface area (Å²) in [4.78, 5) is 14.7. The number of amides is 1. The lowest BCUT2D eigenvalue weighted by Crippen LogP contribution is -2.37. The standard InChI is InChI=1S/C27H39NO3/c1-2-3-4-5-12-19-27(30)28(21-24-14-8-6-9-15-24)22-26(29)18-13-20-31-23-25-16-10-7-11-17-25/h6-11,14-17,26,29H,2-5,12-13,18-23H2,1H3. The van der Waals surface area contributed by atoms with Gasteiger partial charge in [-0.1, -0.05) is 93.3 Å². The second-order valence-electron chi connectivity index (χ2n) is 8.26. The maximum absolute atomic E-state index is 12.8. The molecule has 0 saturated carbocycles. The van der Waals surface area contributed by atoms with Crippen molar-refractivity contribution in [3.63, 3.8) is 0 Å². The average molecular weight is 426 g/mol. The number of carbonyl (C=O) groups is 1. The molecule has 0 bridgehead atoms. The fourth-order valence-corrected chi connectivity index (χ4v) is 3.63. The molecule has 1 atom stereocenters. The van der Waals surface area contributed by atoms with Crippen molar-refractivity contribution < 1.29 is 14.6 Å². The molecule has 2 aromatic carbocycles. The molecular formula is C27H39NO3. The number of nitrogens with zero attached hydrogens (tertiary/aromatic N) is 1. The Kier molecular flexibility index (Phi) is 12.6. The van der Waals surface area contributed by atoms with Gasteiger partial charge in [-0.15, -0.1) is 0 Å². The van der Waals surface area contributed by atoms with Gasteiger partial charge < -0.3 is 14.7 Å². The van der Waals surface area contributed by atoms with E-state index in [1.54, 1.807) is 0 Å². The first-order valence-corrected chi connectivity index (χ1v) is 11.8. The Bertz CT molecular complexity index is 705. The van der Waals surface area contributed by atoms with Gasteiger partial charge >= 0.3 is 0 Å². The molecule has 0 aliphatic rings.